The Hall–Kier alpha value is -0.420. The van der Waals surface area contributed by atoms with E-state index in [0.717, 1.165) is 0 Å². The van der Waals surface area contributed by atoms with E-state index in [0.29, 0.717) is 0 Å². The molecular weight excluding hydrogens is 242 g/mol. The van der Waals surface area contributed by atoms with Crippen LogP contribution in [0.1, 0.15) is 49.6 Å². The number of thiophene rings is 1. The topological polar surface area (TPSA) is 41.3 Å². The zero-order chi connectivity index (χ0) is 13.2. The van der Waals surface area contributed by atoms with E-state index in [9.17, 15) is 0 Å². The average Bonchev–Trinajstić information content (AvgIpc) is 2.77. The molecule has 18 heavy (non-hydrogen) atoms. The standard InChI is InChI=1S/C14H25N3S/c1-11-9-12(10-18-11)13(16-15)14(2,3)17-7-5-4-6-8-17/h9-10,13,16H,4-8,15H2,1-3H3. The smallest absolute Gasteiger partial charge is 0.0646 e. The summed E-state index contributed by atoms with van der Waals surface area (Å²) in [6.45, 7) is 9.13. The first-order valence-corrected chi connectivity index (χ1v) is 7.70. The van der Waals surface area contributed by atoms with Crippen LogP contribution in [-0.4, -0.2) is 23.5 Å². The maximum atomic E-state index is 5.83. The van der Waals surface area contributed by atoms with E-state index in [4.69, 9.17) is 5.84 Å². The van der Waals surface area contributed by atoms with Crippen LogP contribution in [0.4, 0.5) is 0 Å². The van der Waals surface area contributed by atoms with Gasteiger partial charge in [-0.15, -0.1) is 11.3 Å². The van der Waals surface area contributed by atoms with Gasteiger partial charge >= 0.3 is 0 Å². The first kappa shape index (κ1) is 14.0. The molecule has 4 heteroatoms. The summed E-state index contributed by atoms with van der Waals surface area (Å²) < 4.78 is 0. The van der Waals surface area contributed by atoms with Crippen molar-refractivity contribution in [2.75, 3.05) is 13.1 Å². The van der Waals surface area contributed by atoms with Crippen LogP contribution in [0.3, 0.4) is 0 Å². The lowest BCUT2D eigenvalue weighted by molar-refractivity contribution is 0.0609. The second-order valence-corrected chi connectivity index (χ2v) is 6.91. The molecule has 0 amide bonds. The zero-order valence-electron chi connectivity index (χ0n) is 11.7. The van der Waals surface area contributed by atoms with Crippen molar-refractivity contribution in [3.63, 3.8) is 0 Å². The lowest BCUT2D eigenvalue weighted by Crippen LogP contribution is -2.55. The van der Waals surface area contributed by atoms with E-state index in [1.807, 2.05) is 0 Å². The average molecular weight is 267 g/mol. The summed E-state index contributed by atoms with van der Waals surface area (Å²) in [5.74, 6) is 5.83. The molecule has 0 spiro atoms. The lowest BCUT2D eigenvalue weighted by atomic mass is 9.87. The van der Waals surface area contributed by atoms with Gasteiger partial charge in [0, 0.05) is 10.4 Å². The van der Waals surface area contributed by atoms with Crippen molar-refractivity contribution in [2.24, 2.45) is 5.84 Å². The molecule has 0 aliphatic carbocycles. The highest BCUT2D eigenvalue weighted by molar-refractivity contribution is 7.10. The van der Waals surface area contributed by atoms with Gasteiger partial charge in [-0.2, -0.15) is 0 Å². The summed E-state index contributed by atoms with van der Waals surface area (Å²) in [7, 11) is 0. The molecule has 2 rings (SSSR count). The van der Waals surface area contributed by atoms with Crippen molar-refractivity contribution in [1.29, 1.82) is 0 Å². The monoisotopic (exact) mass is 267 g/mol. The molecular formula is C14H25N3S. The van der Waals surface area contributed by atoms with Crippen LogP contribution in [0, 0.1) is 6.92 Å². The van der Waals surface area contributed by atoms with Crippen LogP contribution in [-0.2, 0) is 0 Å². The van der Waals surface area contributed by atoms with Crippen molar-refractivity contribution in [3.8, 4) is 0 Å². The Labute approximate surface area is 114 Å². The Kier molecular flexibility index (Phi) is 4.43. The van der Waals surface area contributed by atoms with Crippen LogP contribution >= 0.6 is 11.3 Å². The fourth-order valence-corrected chi connectivity index (χ4v) is 3.71. The Morgan fingerprint density at radius 3 is 2.50 bits per heavy atom. The Balaban J connectivity index is 2.19. The third kappa shape index (κ3) is 2.77. The minimum atomic E-state index is 0.0582. The van der Waals surface area contributed by atoms with Gasteiger partial charge in [-0.1, -0.05) is 6.42 Å². The van der Waals surface area contributed by atoms with Crippen LogP contribution < -0.4 is 11.3 Å². The van der Waals surface area contributed by atoms with Crippen LogP contribution in [0.25, 0.3) is 0 Å². The molecule has 1 unspecified atom stereocenters. The molecule has 0 saturated carbocycles. The fraction of sp³-hybridized carbons (Fsp3) is 0.714. The lowest BCUT2D eigenvalue weighted by Gasteiger charge is -2.45. The summed E-state index contributed by atoms with van der Waals surface area (Å²) in [6.07, 6.45) is 3.98. The van der Waals surface area contributed by atoms with Crippen LogP contribution in [0.15, 0.2) is 11.4 Å². The van der Waals surface area contributed by atoms with Crippen molar-refractivity contribution < 1.29 is 0 Å². The number of nitrogens with one attached hydrogen (secondary N) is 1. The summed E-state index contributed by atoms with van der Waals surface area (Å²) in [4.78, 5) is 3.92. The third-order valence-corrected chi connectivity index (χ3v) is 5.01. The molecule has 0 bridgehead atoms. The van der Waals surface area contributed by atoms with Gasteiger partial charge in [-0.25, -0.2) is 0 Å². The number of likely N-dealkylation sites (tertiary alicyclic amines) is 1. The number of hydrazine groups is 1. The summed E-state index contributed by atoms with van der Waals surface area (Å²) >= 11 is 1.80. The van der Waals surface area contributed by atoms with Crippen molar-refractivity contribution in [3.05, 3.63) is 21.9 Å². The van der Waals surface area contributed by atoms with Crippen molar-refractivity contribution in [1.82, 2.24) is 10.3 Å². The molecule has 1 fully saturated rings. The number of nitrogens with zero attached hydrogens (tertiary/aromatic N) is 1. The molecule has 1 aliphatic rings. The maximum Gasteiger partial charge on any atom is 0.0646 e. The highest BCUT2D eigenvalue weighted by Gasteiger charge is 2.36. The fourth-order valence-electron chi connectivity index (χ4n) is 2.98. The summed E-state index contributed by atoms with van der Waals surface area (Å²) in [6, 6.07) is 2.45. The third-order valence-electron chi connectivity index (χ3n) is 4.13. The van der Waals surface area contributed by atoms with E-state index < -0.39 is 0 Å². The Morgan fingerprint density at radius 1 is 1.33 bits per heavy atom. The van der Waals surface area contributed by atoms with Gasteiger partial charge in [0.2, 0.25) is 0 Å². The quantitative estimate of drug-likeness (QED) is 0.651. The number of hydrogen-bond donors (Lipinski definition) is 2. The van der Waals surface area contributed by atoms with Gasteiger partial charge in [-0.3, -0.25) is 16.2 Å². The van der Waals surface area contributed by atoms with E-state index in [1.54, 1.807) is 11.3 Å². The molecule has 102 valence electrons. The summed E-state index contributed by atoms with van der Waals surface area (Å²) in [5.41, 5.74) is 4.41. The highest BCUT2D eigenvalue weighted by Crippen LogP contribution is 2.34. The molecule has 2 heterocycles. The second kappa shape index (κ2) is 5.70. The van der Waals surface area contributed by atoms with Crippen molar-refractivity contribution in [2.45, 2.75) is 51.6 Å². The first-order chi connectivity index (χ1) is 8.55. The number of hydrogen-bond acceptors (Lipinski definition) is 4. The van der Waals surface area contributed by atoms with Gasteiger partial charge in [0.25, 0.3) is 0 Å². The predicted molar refractivity (Wildman–Crippen MR) is 78.6 cm³/mol. The SMILES string of the molecule is Cc1cc(C(NN)C(C)(C)N2CCCCC2)cs1. The Morgan fingerprint density at radius 2 is 2.00 bits per heavy atom. The molecule has 1 aromatic rings. The molecule has 1 aromatic heterocycles. The van der Waals surface area contributed by atoms with Gasteiger partial charge in [0.05, 0.1) is 6.04 Å². The number of nitrogens with two attached hydrogens (primary N) is 1. The second-order valence-electron chi connectivity index (χ2n) is 5.79. The number of piperidine rings is 1. The normalized spacial score (nSPS) is 20.0. The zero-order valence-corrected chi connectivity index (χ0v) is 12.5. The molecule has 3 N–H and O–H groups in total. The largest absolute Gasteiger partial charge is 0.296 e. The number of aryl methyl sites for hydroxylation is 1. The van der Waals surface area contributed by atoms with E-state index in [2.05, 4.69) is 42.5 Å². The van der Waals surface area contributed by atoms with E-state index >= 15 is 0 Å². The van der Waals surface area contributed by atoms with Gasteiger partial charge in [0.15, 0.2) is 0 Å². The predicted octanol–water partition coefficient (Wildman–Crippen LogP) is 2.83. The molecule has 0 radical (unpaired) electrons. The minimum Gasteiger partial charge on any atom is -0.296 e. The van der Waals surface area contributed by atoms with Crippen LogP contribution in [0.2, 0.25) is 0 Å². The Bertz CT molecular complexity index is 380. The molecule has 1 saturated heterocycles. The van der Waals surface area contributed by atoms with Crippen molar-refractivity contribution >= 4 is 11.3 Å². The molecule has 1 atom stereocenters. The van der Waals surface area contributed by atoms with Crippen LogP contribution in [0.5, 0.6) is 0 Å². The van der Waals surface area contributed by atoms with Gasteiger partial charge in [0.1, 0.15) is 0 Å². The molecule has 0 aromatic carbocycles. The molecule has 1 aliphatic heterocycles. The molecule has 3 nitrogen and oxygen atoms in total. The van der Waals surface area contributed by atoms with E-state index in [-0.39, 0.29) is 11.6 Å². The maximum absolute atomic E-state index is 5.83. The van der Waals surface area contributed by atoms with E-state index in [1.165, 1.54) is 42.8 Å². The highest BCUT2D eigenvalue weighted by atomic mass is 32.1. The summed E-state index contributed by atoms with van der Waals surface area (Å²) in [5, 5.41) is 2.23. The minimum absolute atomic E-state index is 0.0582. The number of rotatable bonds is 4. The first-order valence-electron chi connectivity index (χ1n) is 6.82. The van der Waals surface area contributed by atoms with Gasteiger partial charge in [-0.05, 0) is 63.7 Å². The van der Waals surface area contributed by atoms with Gasteiger partial charge < -0.3 is 0 Å².